The summed E-state index contributed by atoms with van der Waals surface area (Å²) in [5.41, 5.74) is 4.22. The van der Waals surface area contributed by atoms with Crippen LogP contribution < -0.4 is 0 Å². The van der Waals surface area contributed by atoms with Gasteiger partial charge in [-0.05, 0) is 60.9 Å². The molecule has 0 aliphatic carbocycles. The topological polar surface area (TPSA) is 12.4 Å². The van der Waals surface area contributed by atoms with Gasteiger partial charge >= 0.3 is 0 Å². The summed E-state index contributed by atoms with van der Waals surface area (Å²) < 4.78 is 0. The minimum absolute atomic E-state index is 0.273. The lowest BCUT2D eigenvalue weighted by molar-refractivity contribution is 0.291. The first kappa shape index (κ1) is 46.2. The van der Waals surface area contributed by atoms with Crippen molar-refractivity contribution in [1.29, 1.82) is 0 Å². The van der Waals surface area contributed by atoms with Gasteiger partial charge in [-0.2, -0.15) is 0 Å². The molecule has 0 fully saturated rings. The van der Waals surface area contributed by atoms with Crippen LogP contribution in [0.3, 0.4) is 0 Å². The summed E-state index contributed by atoms with van der Waals surface area (Å²) in [4.78, 5) is 3.52. The van der Waals surface area contributed by atoms with Gasteiger partial charge in [0.05, 0.1) is 0 Å². The average Bonchev–Trinajstić information content (AvgIpc) is 2.95. The Labute approximate surface area is 224 Å². The summed E-state index contributed by atoms with van der Waals surface area (Å²) in [7, 11) is 0. The van der Waals surface area contributed by atoms with E-state index in [4.69, 9.17) is 0 Å². The number of nitrogens with zero attached hydrogens (tertiary/aromatic N) is 1. The number of hydrogen-bond donors (Lipinski definition) is 0. The van der Waals surface area contributed by atoms with Gasteiger partial charge in [-0.25, -0.2) is 0 Å². The molecule has 1 rings (SSSR count). The molecule has 1 heteroatoms. The van der Waals surface area contributed by atoms with Gasteiger partial charge in [-0.1, -0.05) is 133 Å². The quantitative estimate of drug-likeness (QED) is 0.186. The van der Waals surface area contributed by atoms with Crippen molar-refractivity contribution >= 4 is 6.72 Å². The van der Waals surface area contributed by atoms with Crippen molar-refractivity contribution < 1.29 is 0 Å². The van der Waals surface area contributed by atoms with Crippen molar-refractivity contribution in [3.63, 3.8) is 0 Å². The predicted molar refractivity (Wildman–Crippen MR) is 172 cm³/mol. The number of hydrogen-bond acceptors (Lipinski definition) is 1. The second kappa shape index (κ2) is 39.1. The van der Waals surface area contributed by atoms with Crippen LogP contribution in [0.15, 0.2) is 79.5 Å². The third-order valence-corrected chi connectivity index (χ3v) is 5.02. The molecule has 0 saturated carbocycles. The van der Waals surface area contributed by atoms with Crippen LogP contribution in [0.25, 0.3) is 0 Å². The van der Waals surface area contributed by atoms with Crippen molar-refractivity contribution in [2.45, 2.75) is 121 Å². The average molecular weight is 488 g/mol. The van der Waals surface area contributed by atoms with Crippen LogP contribution in [0.4, 0.5) is 0 Å². The fourth-order valence-corrected chi connectivity index (χ4v) is 3.02. The molecule has 1 aromatic rings. The highest BCUT2D eigenvalue weighted by molar-refractivity contribution is 5.30. The lowest BCUT2D eigenvalue weighted by Crippen LogP contribution is -2.30. The van der Waals surface area contributed by atoms with Gasteiger partial charge in [-0.3, -0.25) is 4.99 Å². The fraction of sp³-hybridized carbons (Fsp3) is 0.559. The molecule has 0 N–H and O–H groups in total. The molecule has 0 radical (unpaired) electrons. The van der Waals surface area contributed by atoms with Crippen LogP contribution >= 0.6 is 0 Å². The van der Waals surface area contributed by atoms with Crippen LogP contribution in [0.1, 0.15) is 120 Å². The Morgan fingerprint density at radius 2 is 1.34 bits per heavy atom. The van der Waals surface area contributed by atoms with Gasteiger partial charge in [0.15, 0.2) is 0 Å². The lowest BCUT2D eigenvalue weighted by Gasteiger charge is -2.36. The van der Waals surface area contributed by atoms with Gasteiger partial charge in [-0.15, -0.1) is 19.7 Å². The normalized spacial score (nSPS) is 11.2. The first-order chi connectivity index (χ1) is 16.9. The molecular formula is C34H65N. The standard InChI is InChI=1S/C18H28.C6H9N.4C2H6.C2H4/c1-6-9-15(4)18(5,14-7-2)17-12-10-16(8-3)11-13-17;1-4-6(2)5-7-3;5*1-2/h6,10-13,15H,1,7-9,14H2,2-5H3;4-5H,1,3H2,2H3;4*1-2H3;1-2H2/b;6-5-;;;;;. The fourth-order valence-electron chi connectivity index (χ4n) is 3.02. The molecule has 2 atom stereocenters. The highest BCUT2D eigenvalue weighted by Crippen LogP contribution is 2.38. The summed E-state index contributed by atoms with van der Waals surface area (Å²) >= 11 is 0. The summed E-state index contributed by atoms with van der Waals surface area (Å²) in [6.07, 6.45) is 10.1. The molecule has 206 valence electrons. The van der Waals surface area contributed by atoms with Crippen molar-refractivity contribution in [1.82, 2.24) is 0 Å². The van der Waals surface area contributed by atoms with Crippen LogP contribution in [0, 0.1) is 5.92 Å². The molecule has 0 aromatic heterocycles. The van der Waals surface area contributed by atoms with Gasteiger partial charge < -0.3 is 0 Å². The molecule has 0 aliphatic heterocycles. The largest absolute Gasteiger partial charge is 0.272 e. The zero-order chi connectivity index (χ0) is 29.3. The van der Waals surface area contributed by atoms with E-state index in [1.54, 1.807) is 12.3 Å². The van der Waals surface area contributed by atoms with Crippen molar-refractivity contribution in [2.75, 3.05) is 0 Å². The number of benzene rings is 1. The molecule has 0 heterocycles. The summed E-state index contributed by atoms with van der Waals surface area (Å²) in [5, 5.41) is 0. The Balaban J connectivity index is -0.000000103. The van der Waals surface area contributed by atoms with Gasteiger partial charge in [0.2, 0.25) is 0 Å². The van der Waals surface area contributed by atoms with Gasteiger partial charge in [0, 0.05) is 6.20 Å². The second-order valence-electron chi connectivity index (χ2n) is 6.90. The Kier molecular flexibility index (Phi) is 51.6. The molecule has 0 saturated heterocycles. The predicted octanol–water partition coefficient (Wildman–Crippen LogP) is 12.2. The Morgan fingerprint density at radius 3 is 1.60 bits per heavy atom. The van der Waals surface area contributed by atoms with E-state index in [1.165, 1.54) is 24.0 Å². The Hall–Kier alpha value is -2.15. The van der Waals surface area contributed by atoms with E-state index in [1.807, 2.05) is 62.3 Å². The number of allylic oxidation sites excluding steroid dienone is 3. The van der Waals surface area contributed by atoms with E-state index in [9.17, 15) is 0 Å². The van der Waals surface area contributed by atoms with Crippen LogP contribution in [0.2, 0.25) is 0 Å². The summed E-state index contributed by atoms with van der Waals surface area (Å²) in [5.74, 6) is 0.641. The third kappa shape index (κ3) is 24.8. The molecule has 0 aliphatic rings. The SMILES string of the molecule is C=C.C=C/C(C)=C\N=C.C=CCC(C)C(C)(CCC)c1ccc(CC)cc1.CC.CC.CC.CC. The molecule has 1 nitrogen and oxygen atoms in total. The monoisotopic (exact) mass is 488 g/mol. The third-order valence-electron chi connectivity index (χ3n) is 5.02. The van der Waals surface area contributed by atoms with E-state index >= 15 is 0 Å². The minimum atomic E-state index is 0.273. The van der Waals surface area contributed by atoms with Gasteiger partial charge in [0.25, 0.3) is 0 Å². The maximum atomic E-state index is 3.90. The molecule has 35 heavy (non-hydrogen) atoms. The second-order valence-corrected chi connectivity index (χ2v) is 6.90. The molecule has 1 aromatic carbocycles. The van der Waals surface area contributed by atoms with E-state index in [0.29, 0.717) is 5.92 Å². The number of aliphatic imine (C=N–C) groups is 1. The van der Waals surface area contributed by atoms with E-state index in [2.05, 4.69) is 96.1 Å². The maximum Gasteiger partial charge on any atom is 0.0289 e. The Morgan fingerprint density at radius 1 is 0.914 bits per heavy atom. The Bertz CT molecular complexity index is 565. The molecule has 0 spiro atoms. The highest BCUT2D eigenvalue weighted by atomic mass is 14.6. The first-order valence-electron chi connectivity index (χ1n) is 13.8. The van der Waals surface area contributed by atoms with E-state index in [-0.39, 0.29) is 5.41 Å². The molecule has 2 unspecified atom stereocenters. The first-order valence-corrected chi connectivity index (χ1v) is 13.8. The number of rotatable bonds is 9. The van der Waals surface area contributed by atoms with Crippen LogP contribution in [-0.2, 0) is 11.8 Å². The van der Waals surface area contributed by atoms with Gasteiger partial charge in [0.1, 0.15) is 0 Å². The summed E-state index contributed by atoms with van der Waals surface area (Å²) in [6, 6.07) is 9.22. The lowest BCUT2D eigenvalue weighted by atomic mass is 9.68. The highest BCUT2D eigenvalue weighted by Gasteiger charge is 2.31. The number of aryl methyl sites for hydroxylation is 1. The molecule has 0 amide bonds. The minimum Gasteiger partial charge on any atom is -0.272 e. The smallest absolute Gasteiger partial charge is 0.0289 e. The van der Waals surface area contributed by atoms with E-state index in [0.717, 1.165) is 18.4 Å². The summed E-state index contributed by atoms with van der Waals surface area (Å²) in [6.45, 7) is 43.9. The van der Waals surface area contributed by atoms with Crippen molar-refractivity contribution in [3.05, 3.63) is 85.6 Å². The van der Waals surface area contributed by atoms with Crippen molar-refractivity contribution in [3.8, 4) is 0 Å². The maximum absolute atomic E-state index is 3.90. The van der Waals surface area contributed by atoms with Crippen LogP contribution in [0.5, 0.6) is 0 Å². The zero-order valence-electron chi connectivity index (χ0n) is 26.4. The molecular weight excluding hydrogens is 422 g/mol. The zero-order valence-corrected chi connectivity index (χ0v) is 26.4. The van der Waals surface area contributed by atoms with E-state index < -0.39 is 0 Å². The van der Waals surface area contributed by atoms with Crippen LogP contribution in [-0.4, -0.2) is 6.72 Å². The molecule has 0 bridgehead atoms. The van der Waals surface area contributed by atoms with Crippen molar-refractivity contribution in [2.24, 2.45) is 10.9 Å².